The number of hydrogen-bond acceptors (Lipinski definition) is 3. The lowest BCUT2D eigenvalue weighted by Crippen LogP contribution is -2.61. The lowest BCUT2D eigenvalue weighted by Gasteiger charge is -2.45. The zero-order valence-corrected chi connectivity index (χ0v) is 65.7. The number of allylic oxidation sites excluding steroid dienone is 1. The number of benzene rings is 13. The molecule has 3 aliphatic rings. The van der Waals surface area contributed by atoms with E-state index >= 15 is 0 Å². The van der Waals surface area contributed by atoms with Gasteiger partial charge in [0.1, 0.15) is 11.3 Å². The minimum Gasteiger partial charge on any atom is -0.456 e. The fourth-order valence-electron chi connectivity index (χ4n) is 18.0. The minimum absolute atomic E-state index is 0.0453. The molecule has 0 bridgehead atoms. The van der Waals surface area contributed by atoms with Gasteiger partial charge in [-0.1, -0.05) is 304 Å². The number of aromatic nitrogens is 1. The number of furan rings is 1. The highest BCUT2D eigenvalue weighted by Gasteiger charge is 2.46. The van der Waals surface area contributed by atoms with Gasteiger partial charge in [0, 0.05) is 78.0 Å². The highest BCUT2D eigenvalue weighted by atomic mass is 16.3. The minimum atomic E-state index is -0.196. The van der Waals surface area contributed by atoms with Crippen LogP contribution in [0.2, 0.25) is 0 Å². The monoisotopic (exact) mass is 1410 g/mol. The van der Waals surface area contributed by atoms with E-state index in [9.17, 15) is 0 Å². The first-order valence-electron chi connectivity index (χ1n) is 39.3. The van der Waals surface area contributed by atoms with Gasteiger partial charge >= 0.3 is 0 Å². The number of hydrogen-bond donors (Lipinski definition) is 0. The van der Waals surface area contributed by atoms with Crippen molar-refractivity contribution >= 4 is 112 Å². The van der Waals surface area contributed by atoms with Gasteiger partial charge in [0.25, 0.3) is 6.71 Å². The van der Waals surface area contributed by atoms with Crippen LogP contribution in [0.3, 0.4) is 0 Å². The maximum Gasteiger partial charge on any atom is 0.252 e. The normalized spacial score (nSPS) is 14.5. The zero-order chi connectivity index (χ0) is 75.1. The first-order chi connectivity index (χ1) is 52.2. The van der Waals surface area contributed by atoms with Crippen molar-refractivity contribution < 1.29 is 4.42 Å². The molecule has 1 atom stereocenters. The van der Waals surface area contributed by atoms with Crippen molar-refractivity contribution in [2.24, 2.45) is 0 Å². The molecule has 16 aromatic rings. The third-order valence-corrected chi connectivity index (χ3v) is 24.2. The van der Waals surface area contributed by atoms with Crippen LogP contribution in [0.5, 0.6) is 0 Å². The van der Waals surface area contributed by atoms with E-state index in [1.54, 1.807) is 0 Å². The molecular formula is C104H94BN3O. The topological polar surface area (TPSA) is 24.0 Å². The lowest BCUT2D eigenvalue weighted by atomic mass is 9.33. The summed E-state index contributed by atoms with van der Waals surface area (Å²) in [4.78, 5) is 5.40. The highest BCUT2D eigenvalue weighted by Crippen LogP contribution is 2.54. The number of nitrogens with zero attached hydrogens (tertiary/aromatic N) is 3. The molecule has 0 amide bonds. The van der Waals surface area contributed by atoms with Gasteiger partial charge in [-0.3, -0.25) is 0 Å². The van der Waals surface area contributed by atoms with Gasteiger partial charge in [-0.25, -0.2) is 0 Å². The summed E-state index contributed by atoms with van der Waals surface area (Å²) in [6, 6.07) is 104. The fourth-order valence-corrected chi connectivity index (χ4v) is 18.0. The summed E-state index contributed by atoms with van der Waals surface area (Å²) in [6.45, 7) is 35.1. The van der Waals surface area contributed by atoms with Crippen molar-refractivity contribution in [3.05, 3.63) is 318 Å². The van der Waals surface area contributed by atoms with Crippen molar-refractivity contribution in [2.75, 3.05) is 9.80 Å². The van der Waals surface area contributed by atoms with E-state index in [0.29, 0.717) is 0 Å². The molecule has 4 nitrogen and oxygen atoms in total. The van der Waals surface area contributed by atoms with Crippen molar-refractivity contribution in [1.82, 2.24) is 4.40 Å². The van der Waals surface area contributed by atoms with E-state index < -0.39 is 0 Å². The third-order valence-electron chi connectivity index (χ3n) is 24.2. The smallest absolute Gasteiger partial charge is 0.252 e. The van der Waals surface area contributed by atoms with Crippen molar-refractivity contribution in [3.8, 4) is 55.6 Å². The maximum atomic E-state index is 6.59. The Labute approximate surface area is 643 Å². The second-order valence-corrected chi connectivity index (χ2v) is 36.6. The van der Waals surface area contributed by atoms with Gasteiger partial charge < -0.3 is 18.6 Å². The summed E-state index contributed by atoms with van der Waals surface area (Å²) in [7, 11) is 0. The van der Waals surface area contributed by atoms with Crippen LogP contribution in [0.1, 0.15) is 154 Å². The van der Waals surface area contributed by atoms with Crippen LogP contribution in [-0.2, 0) is 33.5 Å². The van der Waals surface area contributed by atoms with Crippen LogP contribution in [0, 0.1) is 0 Å². The zero-order valence-electron chi connectivity index (χ0n) is 65.7. The molecule has 534 valence electrons. The van der Waals surface area contributed by atoms with Gasteiger partial charge in [-0.15, -0.1) is 0 Å². The Hall–Kier alpha value is -11.4. The number of fused-ring (bicyclic) bond motifs is 13. The van der Waals surface area contributed by atoms with Crippen LogP contribution in [0.25, 0.3) is 111 Å². The molecule has 0 saturated carbocycles. The van der Waals surface area contributed by atoms with E-state index in [2.05, 4.69) is 397 Å². The molecule has 13 aromatic carbocycles. The quantitative estimate of drug-likeness (QED) is 0.142. The Kier molecular flexibility index (Phi) is 15.4. The standard InChI is InChI=1S/C104H94BN3O/c1-100(2,3)73-49-70(50-74(59-73)101(4,5)6)63-37-43-78(44-38-63)106-91-56-69(71-51-75(102(7,8)9)60-76(52-71)103(10,11)12)40-46-87(91)105-88-45-39-68(66-42-48-96-86(54-66)80-32-23-25-36-95(80)109-96)55-92(88)108(99-83(64-27-18-16-19-28-64)61-77(104(13,14)15)62-84(99)65-29-20-17-21-30-65)94-58-72(57-93(106)97(94)105)67-41-47-90-85(53-67)82-34-26-33-81-79-31-22-24-35-89(79)107(90)98(81)82/h16-53,55-62,66H,54H2,1-15H3. The molecule has 3 aromatic heterocycles. The molecule has 0 saturated heterocycles. The molecule has 1 aliphatic carbocycles. The van der Waals surface area contributed by atoms with E-state index in [1.165, 1.54) is 144 Å². The lowest BCUT2D eigenvalue weighted by molar-refractivity contribution is 0.568. The average Bonchev–Trinajstić information content (AvgIpc) is 1.06. The fraction of sp³-hybridized carbons (Fsp3) is 0.212. The second-order valence-electron chi connectivity index (χ2n) is 36.6. The Balaban J connectivity index is 0.940. The van der Waals surface area contributed by atoms with Gasteiger partial charge in [0.2, 0.25) is 0 Å². The number of anilines is 6. The Morgan fingerprint density at radius 1 is 0.339 bits per heavy atom. The van der Waals surface area contributed by atoms with Crippen LogP contribution in [0.15, 0.2) is 277 Å². The molecule has 0 spiro atoms. The van der Waals surface area contributed by atoms with Gasteiger partial charge in [0.15, 0.2) is 0 Å². The van der Waals surface area contributed by atoms with Gasteiger partial charge in [-0.05, 0) is 207 Å². The Morgan fingerprint density at radius 3 is 1.40 bits per heavy atom. The number of rotatable bonds is 8. The van der Waals surface area contributed by atoms with Gasteiger partial charge in [0.05, 0.1) is 22.2 Å². The van der Waals surface area contributed by atoms with E-state index in [0.717, 1.165) is 62.8 Å². The summed E-state index contributed by atoms with van der Waals surface area (Å²) < 4.78 is 9.10. The second kappa shape index (κ2) is 24.6. The van der Waals surface area contributed by atoms with Crippen molar-refractivity contribution in [3.63, 3.8) is 0 Å². The SMILES string of the molecule is CC(C)(C)c1cc(-c2ccc(N3c4cc(-c5cc(C(C)(C)C)cc(C(C)(C)C)c5)ccc4B4c5ccc(C6C=Cc7oc8ccccc8c7C6)cc5N(c5c(-c6ccccc6)cc(C(C)(C)C)cc5-c5ccccc5)c5cc(-c6ccc7c(c6)c6cccc8c9ccccc9n7c86)cc3c54)cc2)cc(C(C)(C)C)c1. The predicted octanol–water partition coefficient (Wildman–Crippen LogP) is 26.8. The van der Waals surface area contributed by atoms with E-state index in [1.807, 2.05) is 0 Å². The summed E-state index contributed by atoms with van der Waals surface area (Å²) in [5.74, 6) is 1.02. The molecule has 19 rings (SSSR count). The summed E-state index contributed by atoms with van der Waals surface area (Å²) >= 11 is 0. The van der Waals surface area contributed by atoms with Crippen LogP contribution in [-0.4, -0.2) is 11.1 Å². The highest BCUT2D eigenvalue weighted by molar-refractivity contribution is 7.00. The summed E-state index contributed by atoms with van der Waals surface area (Å²) in [6.07, 6.45) is 5.45. The Morgan fingerprint density at radius 2 is 0.798 bits per heavy atom. The van der Waals surface area contributed by atoms with Crippen LogP contribution < -0.4 is 26.2 Å². The molecule has 5 heteroatoms. The first kappa shape index (κ1) is 68.2. The summed E-state index contributed by atoms with van der Waals surface area (Å²) in [5, 5.41) is 6.25. The molecule has 1 unspecified atom stereocenters. The molecule has 0 fully saturated rings. The van der Waals surface area contributed by atoms with Crippen LogP contribution in [0.4, 0.5) is 34.1 Å². The van der Waals surface area contributed by atoms with Crippen LogP contribution >= 0.6 is 0 Å². The molecule has 2 aliphatic heterocycles. The molecular weight excluding hydrogens is 1320 g/mol. The van der Waals surface area contributed by atoms with Crippen molar-refractivity contribution in [2.45, 2.75) is 143 Å². The first-order valence-corrected chi connectivity index (χ1v) is 39.3. The molecule has 109 heavy (non-hydrogen) atoms. The number of para-hydroxylation sites is 3. The van der Waals surface area contributed by atoms with Gasteiger partial charge in [-0.2, -0.15) is 0 Å². The third kappa shape index (κ3) is 11.3. The summed E-state index contributed by atoms with van der Waals surface area (Å²) in [5.41, 5.74) is 35.9. The predicted molar refractivity (Wildman–Crippen MR) is 467 cm³/mol. The van der Waals surface area contributed by atoms with Crippen molar-refractivity contribution in [1.29, 1.82) is 0 Å². The average molecular weight is 1410 g/mol. The van der Waals surface area contributed by atoms with E-state index in [-0.39, 0.29) is 39.7 Å². The molecule has 0 N–H and O–H groups in total. The molecule has 0 radical (unpaired) electrons. The molecule has 5 heterocycles. The maximum absolute atomic E-state index is 6.59. The largest absolute Gasteiger partial charge is 0.456 e. The Bertz CT molecular complexity index is 6280. The van der Waals surface area contributed by atoms with E-state index in [4.69, 9.17) is 4.42 Å².